The van der Waals surface area contributed by atoms with Gasteiger partial charge in [-0.3, -0.25) is 9.59 Å². The van der Waals surface area contributed by atoms with Crippen molar-refractivity contribution in [3.8, 4) is 0 Å². The number of aryl methyl sites for hydroxylation is 2. The number of amides is 2. The SMILES string of the molecule is CC(C)C1CCCCC1NC(=O)C(=O)Nc1ccc2c(c1)CCC2. The predicted octanol–water partition coefficient (Wildman–Crippen LogP) is 3.44. The van der Waals surface area contributed by atoms with E-state index in [2.05, 4.69) is 30.5 Å². The molecule has 2 atom stereocenters. The second-order valence-corrected chi connectivity index (χ2v) is 7.56. The van der Waals surface area contributed by atoms with Crippen LogP contribution in [-0.4, -0.2) is 17.9 Å². The van der Waals surface area contributed by atoms with Crippen LogP contribution in [0.2, 0.25) is 0 Å². The molecule has 2 aliphatic carbocycles. The molecule has 1 fully saturated rings. The quantitative estimate of drug-likeness (QED) is 0.835. The van der Waals surface area contributed by atoms with E-state index in [-0.39, 0.29) is 6.04 Å². The molecule has 0 bridgehead atoms. The van der Waals surface area contributed by atoms with E-state index in [0.29, 0.717) is 11.8 Å². The van der Waals surface area contributed by atoms with Crippen molar-refractivity contribution in [2.24, 2.45) is 11.8 Å². The Morgan fingerprint density at radius 2 is 1.75 bits per heavy atom. The lowest BCUT2D eigenvalue weighted by atomic mass is 9.78. The standard InChI is InChI=1S/C20H28N2O2/c1-13(2)17-8-3-4-9-18(17)22-20(24)19(23)21-16-11-10-14-6-5-7-15(14)12-16/h10-13,17-18H,3-9H2,1-2H3,(H,21,23)(H,22,24). The molecule has 24 heavy (non-hydrogen) atoms. The highest BCUT2D eigenvalue weighted by Crippen LogP contribution is 2.30. The van der Waals surface area contributed by atoms with Crippen LogP contribution in [-0.2, 0) is 22.4 Å². The Labute approximate surface area is 144 Å². The van der Waals surface area contributed by atoms with Gasteiger partial charge in [-0.1, -0.05) is 32.8 Å². The molecule has 0 heterocycles. The molecule has 0 radical (unpaired) electrons. The van der Waals surface area contributed by atoms with Crippen molar-refractivity contribution in [1.82, 2.24) is 5.32 Å². The van der Waals surface area contributed by atoms with E-state index in [9.17, 15) is 9.59 Å². The van der Waals surface area contributed by atoms with Crippen LogP contribution >= 0.6 is 0 Å². The summed E-state index contributed by atoms with van der Waals surface area (Å²) in [5.74, 6) is -0.0695. The van der Waals surface area contributed by atoms with Gasteiger partial charge in [-0.05, 0) is 67.2 Å². The highest BCUT2D eigenvalue weighted by Gasteiger charge is 2.30. The van der Waals surface area contributed by atoms with Crippen LogP contribution in [0, 0.1) is 11.8 Å². The summed E-state index contributed by atoms with van der Waals surface area (Å²) in [6, 6.07) is 6.08. The zero-order chi connectivity index (χ0) is 17.1. The normalized spacial score (nSPS) is 23.0. The fourth-order valence-electron chi connectivity index (χ4n) is 4.21. The first-order valence-corrected chi connectivity index (χ1v) is 9.28. The minimum atomic E-state index is -0.555. The highest BCUT2D eigenvalue weighted by atomic mass is 16.2. The molecule has 4 nitrogen and oxygen atoms in total. The Bertz CT molecular complexity index is 624. The number of anilines is 1. The van der Waals surface area contributed by atoms with E-state index >= 15 is 0 Å². The van der Waals surface area contributed by atoms with Crippen LogP contribution in [0.25, 0.3) is 0 Å². The van der Waals surface area contributed by atoms with E-state index in [0.717, 1.165) is 37.8 Å². The fraction of sp³-hybridized carbons (Fsp3) is 0.600. The van der Waals surface area contributed by atoms with Crippen LogP contribution in [0.1, 0.15) is 57.1 Å². The maximum atomic E-state index is 12.3. The highest BCUT2D eigenvalue weighted by molar-refractivity contribution is 6.39. The predicted molar refractivity (Wildman–Crippen MR) is 95.8 cm³/mol. The molecule has 0 aliphatic heterocycles. The third-order valence-corrected chi connectivity index (χ3v) is 5.55. The molecule has 0 spiro atoms. The van der Waals surface area contributed by atoms with Gasteiger partial charge in [0.1, 0.15) is 0 Å². The topological polar surface area (TPSA) is 58.2 Å². The van der Waals surface area contributed by atoms with Gasteiger partial charge in [-0.25, -0.2) is 0 Å². The molecular weight excluding hydrogens is 300 g/mol. The summed E-state index contributed by atoms with van der Waals surface area (Å²) >= 11 is 0. The summed E-state index contributed by atoms with van der Waals surface area (Å²) in [6.07, 6.45) is 7.80. The van der Waals surface area contributed by atoms with Gasteiger partial charge in [0, 0.05) is 11.7 Å². The zero-order valence-corrected chi connectivity index (χ0v) is 14.7. The van der Waals surface area contributed by atoms with Crippen molar-refractivity contribution >= 4 is 17.5 Å². The molecule has 3 rings (SSSR count). The lowest BCUT2D eigenvalue weighted by molar-refractivity contribution is -0.137. The number of hydrogen-bond acceptors (Lipinski definition) is 2. The monoisotopic (exact) mass is 328 g/mol. The van der Waals surface area contributed by atoms with Crippen LogP contribution in [0.15, 0.2) is 18.2 Å². The Morgan fingerprint density at radius 1 is 1.00 bits per heavy atom. The van der Waals surface area contributed by atoms with Crippen LogP contribution in [0.4, 0.5) is 5.69 Å². The summed E-state index contributed by atoms with van der Waals surface area (Å²) in [7, 11) is 0. The molecule has 1 aromatic carbocycles. The molecule has 2 unspecified atom stereocenters. The van der Waals surface area contributed by atoms with Gasteiger partial charge in [0.2, 0.25) is 0 Å². The lowest BCUT2D eigenvalue weighted by Gasteiger charge is -2.34. The van der Waals surface area contributed by atoms with Crippen molar-refractivity contribution in [2.75, 3.05) is 5.32 Å². The van der Waals surface area contributed by atoms with E-state index in [1.54, 1.807) is 0 Å². The van der Waals surface area contributed by atoms with Gasteiger partial charge >= 0.3 is 11.8 Å². The van der Waals surface area contributed by atoms with Crippen LogP contribution in [0.5, 0.6) is 0 Å². The second kappa shape index (κ2) is 7.37. The van der Waals surface area contributed by atoms with Gasteiger partial charge in [0.05, 0.1) is 0 Å². The van der Waals surface area contributed by atoms with E-state index in [4.69, 9.17) is 0 Å². The molecule has 2 aliphatic rings. The van der Waals surface area contributed by atoms with Crippen molar-refractivity contribution in [2.45, 2.75) is 64.8 Å². The molecule has 2 amide bonds. The van der Waals surface area contributed by atoms with Crippen molar-refractivity contribution in [3.63, 3.8) is 0 Å². The first kappa shape index (κ1) is 17.0. The van der Waals surface area contributed by atoms with Crippen molar-refractivity contribution in [1.29, 1.82) is 0 Å². The number of carbonyl (C=O) groups excluding carboxylic acids is 2. The lowest BCUT2D eigenvalue weighted by Crippen LogP contribution is -2.47. The molecule has 1 aromatic rings. The third kappa shape index (κ3) is 3.80. The number of nitrogens with one attached hydrogen (secondary N) is 2. The average Bonchev–Trinajstić information content (AvgIpc) is 3.02. The zero-order valence-electron chi connectivity index (χ0n) is 14.7. The van der Waals surface area contributed by atoms with Gasteiger partial charge in [0.25, 0.3) is 0 Å². The van der Waals surface area contributed by atoms with E-state index in [1.165, 1.54) is 24.0 Å². The van der Waals surface area contributed by atoms with Crippen molar-refractivity contribution in [3.05, 3.63) is 29.3 Å². The number of benzene rings is 1. The maximum absolute atomic E-state index is 12.3. The number of carbonyl (C=O) groups is 2. The smallest absolute Gasteiger partial charge is 0.313 e. The van der Waals surface area contributed by atoms with Gasteiger partial charge < -0.3 is 10.6 Å². The third-order valence-electron chi connectivity index (χ3n) is 5.55. The Kier molecular flexibility index (Phi) is 5.22. The van der Waals surface area contributed by atoms with Gasteiger partial charge in [-0.15, -0.1) is 0 Å². The maximum Gasteiger partial charge on any atom is 0.313 e. The fourth-order valence-corrected chi connectivity index (χ4v) is 4.21. The molecule has 1 saturated carbocycles. The Balaban J connectivity index is 1.59. The number of rotatable bonds is 3. The number of fused-ring (bicyclic) bond motifs is 1. The Hall–Kier alpha value is -1.84. The number of hydrogen-bond donors (Lipinski definition) is 2. The van der Waals surface area contributed by atoms with Gasteiger partial charge in [-0.2, -0.15) is 0 Å². The summed E-state index contributed by atoms with van der Waals surface area (Å²) in [6.45, 7) is 4.39. The molecular formula is C20H28N2O2. The minimum Gasteiger partial charge on any atom is -0.345 e. The first-order chi connectivity index (χ1) is 11.5. The van der Waals surface area contributed by atoms with Crippen LogP contribution in [0.3, 0.4) is 0 Å². The molecule has 130 valence electrons. The molecule has 4 heteroatoms. The average molecular weight is 328 g/mol. The van der Waals surface area contributed by atoms with E-state index < -0.39 is 11.8 Å². The van der Waals surface area contributed by atoms with Crippen molar-refractivity contribution < 1.29 is 9.59 Å². The minimum absolute atomic E-state index is 0.122. The summed E-state index contributed by atoms with van der Waals surface area (Å²) in [5.41, 5.74) is 3.37. The first-order valence-electron chi connectivity index (χ1n) is 9.28. The summed E-state index contributed by atoms with van der Waals surface area (Å²) < 4.78 is 0. The summed E-state index contributed by atoms with van der Waals surface area (Å²) in [4.78, 5) is 24.5. The van der Waals surface area contributed by atoms with Crippen LogP contribution < -0.4 is 10.6 Å². The van der Waals surface area contributed by atoms with E-state index in [1.807, 2.05) is 12.1 Å². The summed E-state index contributed by atoms with van der Waals surface area (Å²) in [5, 5.41) is 5.73. The Morgan fingerprint density at radius 3 is 2.54 bits per heavy atom. The molecule has 2 N–H and O–H groups in total. The largest absolute Gasteiger partial charge is 0.345 e. The second-order valence-electron chi connectivity index (χ2n) is 7.56. The van der Waals surface area contributed by atoms with Gasteiger partial charge in [0.15, 0.2) is 0 Å². The molecule has 0 aromatic heterocycles. The molecule has 0 saturated heterocycles.